The van der Waals surface area contributed by atoms with E-state index in [1.165, 1.54) is 26.1 Å². The molecule has 3 N–H and O–H groups in total. The van der Waals surface area contributed by atoms with E-state index in [1.54, 1.807) is 23.0 Å². The first-order valence-electron chi connectivity index (χ1n) is 9.63. The van der Waals surface area contributed by atoms with Gasteiger partial charge in [0.05, 0.1) is 23.4 Å². The van der Waals surface area contributed by atoms with Gasteiger partial charge in [0.25, 0.3) is 0 Å². The molecule has 31 heavy (non-hydrogen) atoms. The summed E-state index contributed by atoms with van der Waals surface area (Å²) in [4.78, 5) is 19.6. The summed E-state index contributed by atoms with van der Waals surface area (Å²) in [6.45, 7) is 4.15. The molecule has 0 saturated carbocycles. The molecule has 3 aromatic rings. The Labute approximate surface area is 179 Å². The smallest absolute Gasteiger partial charge is 0.170 e. The topological polar surface area (TPSA) is 103 Å². The molecule has 0 spiro atoms. The molecule has 0 aliphatic carbocycles. The van der Waals surface area contributed by atoms with Gasteiger partial charge in [0.2, 0.25) is 0 Å². The molecule has 8 heteroatoms. The van der Waals surface area contributed by atoms with Crippen molar-refractivity contribution in [2.75, 3.05) is 13.7 Å². The number of aliphatic hydroxyl groups is 1. The van der Waals surface area contributed by atoms with Gasteiger partial charge in [-0.2, -0.15) is 0 Å². The molecule has 7 nitrogen and oxygen atoms in total. The van der Waals surface area contributed by atoms with Crippen LogP contribution in [0.3, 0.4) is 0 Å². The Bertz CT molecular complexity index is 1180. The van der Waals surface area contributed by atoms with Crippen LogP contribution < -0.4 is 10.5 Å². The zero-order chi connectivity index (χ0) is 22.6. The van der Waals surface area contributed by atoms with Crippen molar-refractivity contribution < 1.29 is 19.0 Å². The first kappa shape index (κ1) is 22.2. The second-order valence-electron chi connectivity index (χ2n) is 6.97. The molecule has 0 bridgehead atoms. The predicted octanol–water partition coefficient (Wildman–Crippen LogP) is 2.43. The highest BCUT2D eigenvalue weighted by Gasteiger charge is 2.24. The monoisotopic (exact) mass is 422 g/mol. The van der Waals surface area contributed by atoms with Gasteiger partial charge in [0.15, 0.2) is 11.9 Å². The SMILES string of the molecule is CN.Cc1cccnc1C(C)(O)C#Cc1cc2c(cc1F)OCCn1cc(C=O)nc1-2. The van der Waals surface area contributed by atoms with Gasteiger partial charge in [-0.1, -0.05) is 17.9 Å². The minimum absolute atomic E-state index is 0.0883. The van der Waals surface area contributed by atoms with Gasteiger partial charge in [0.1, 0.15) is 29.7 Å². The Balaban J connectivity index is 0.00000132. The van der Waals surface area contributed by atoms with E-state index in [2.05, 4.69) is 27.5 Å². The van der Waals surface area contributed by atoms with Crippen LogP contribution in [-0.2, 0) is 12.1 Å². The molecule has 1 aliphatic rings. The number of benzene rings is 1. The molecule has 0 fully saturated rings. The average Bonchev–Trinajstić information content (AvgIpc) is 3.10. The summed E-state index contributed by atoms with van der Waals surface area (Å²) in [5, 5.41) is 10.8. The average molecular weight is 422 g/mol. The molecule has 1 aliphatic heterocycles. The Hall–Kier alpha value is -3.54. The van der Waals surface area contributed by atoms with E-state index >= 15 is 0 Å². The molecule has 1 unspecified atom stereocenters. The molecule has 160 valence electrons. The van der Waals surface area contributed by atoms with Crippen molar-refractivity contribution in [3.8, 4) is 29.0 Å². The van der Waals surface area contributed by atoms with Gasteiger partial charge in [-0.25, -0.2) is 9.37 Å². The molecular formula is C23H23FN4O3. The molecule has 4 rings (SSSR count). The maximum absolute atomic E-state index is 14.7. The second-order valence-corrected chi connectivity index (χ2v) is 6.97. The van der Waals surface area contributed by atoms with Crippen LogP contribution in [0.2, 0.25) is 0 Å². The van der Waals surface area contributed by atoms with Crippen LogP contribution >= 0.6 is 0 Å². The standard InChI is InChI=1S/C22H18FN3O3.CH5N/c1-14-4-3-7-24-20(14)22(2,28)6-5-15-10-17-19(11-18(15)23)29-9-8-26-12-16(13-27)25-21(17)26;1-2/h3-4,7,10-13,28H,8-9H2,1-2H3;2H2,1H3. The van der Waals surface area contributed by atoms with Crippen molar-refractivity contribution in [3.05, 3.63) is 65.0 Å². The number of aryl methyl sites for hydroxylation is 1. The highest BCUT2D eigenvalue weighted by atomic mass is 19.1. The number of imidazole rings is 1. The van der Waals surface area contributed by atoms with Gasteiger partial charge in [0, 0.05) is 18.5 Å². The van der Waals surface area contributed by atoms with Crippen molar-refractivity contribution in [1.29, 1.82) is 0 Å². The third kappa shape index (κ3) is 4.48. The molecule has 0 saturated heterocycles. The minimum Gasteiger partial charge on any atom is -0.491 e. The normalized spacial score (nSPS) is 13.6. The lowest BCUT2D eigenvalue weighted by Gasteiger charge is -2.17. The lowest BCUT2D eigenvalue weighted by atomic mass is 9.97. The van der Waals surface area contributed by atoms with E-state index in [1.807, 2.05) is 13.0 Å². The molecule has 3 heterocycles. The van der Waals surface area contributed by atoms with Crippen LogP contribution in [0.4, 0.5) is 4.39 Å². The van der Waals surface area contributed by atoms with Crippen LogP contribution in [0, 0.1) is 24.6 Å². The number of pyridine rings is 1. The Morgan fingerprint density at radius 3 is 2.87 bits per heavy atom. The van der Waals surface area contributed by atoms with Crippen LogP contribution in [0.1, 0.15) is 34.2 Å². The third-order valence-electron chi connectivity index (χ3n) is 4.73. The van der Waals surface area contributed by atoms with Crippen LogP contribution in [0.15, 0.2) is 36.7 Å². The predicted molar refractivity (Wildman–Crippen MR) is 114 cm³/mol. The third-order valence-corrected chi connectivity index (χ3v) is 4.73. The van der Waals surface area contributed by atoms with Crippen LogP contribution in [0.25, 0.3) is 11.4 Å². The minimum atomic E-state index is -1.55. The number of hydrogen-bond acceptors (Lipinski definition) is 6. The van der Waals surface area contributed by atoms with Gasteiger partial charge in [-0.05, 0) is 38.6 Å². The zero-order valence-corrected chi connectivity index (χ0v) is 17.5. The zero-order valence-electron chi connectivity index (χ0n) is 17.5. The van der Waals surface area contributed by atoms with Gasteiger partial charge < -0.3 is 20.1 Å². The van der Waals surface area contributed by atoms with Gasteiger partial charge >= 0.3 is 0 Å². The second kappa shape index (κ2) is 9.08. The number of ether oxygens (including phenoxy) is 1. The lowest BCUT2D eigenvalue weighted by molar-refractivity contribution is 0.111. The number of hydrogen-bond donors (Lipinski definition) is 2. The fourth-order valence-electron chi connectivity index (χ4n) is 3.32. The van der Waals surface area contributed by atoms with Gasteiger partial charge in [-0.3, -0.25) is 9.78 Å². The molecule has 1 aromatic carbocycles. The van der Waals surface area contributed by atoms with Crippen LogP contribution in [0.5, 0.6) is 5.75 Å². The number of aromatic nitrogens is 3. The fraction of sp³-hybridized carbons (Fsp3) is 0.261. The summed E-state index contributed by atoms with van der Waals surface area (Å²) in [7, 11) is 1.50. The summed E-state index contributed by atoms with van der Waals surface area (Å²) < 4.78 is 22.1. The van der Waals surface area contributed by atoms with E-state index in [0.29, 0.717) is 48.0 Å². The van der Waals surface area contributed by atoms with Crippen molar-refractivity contribution in [2.45, 2.75) is 26.0 Å². The largest absolute Gasteiger partial charge is 0.491 e. The highest BCUT2D eigenvalue weighted by molar-refractivity contribution is 5.75. The number of carbonyl (C=O) groups is 1. The van der Waals surface area contributed by atoms with Crippen molar-refractivity contribution in [2.24, 2.45) is 5.73 Å². The van der Waals surface area contributed by atoms with Crippen molar-refractivity contribution in [1.82, 2.24) is 14.5 Å². The number of halogens is 1. The summed E-state index contributed by atoms with van der Waals surface area (Å²) in [6, 6.07) is 6.37. The Morgan fingerprint density at radius 2 is 2.16 bits per heavy atom. The number of aldehydes is 1. The number of nitrogens with two attached hydrogens (primary N) is 1. The van der Waals surface area contributed by atoms with Gasteiger partial charge in [-0.15, -0.1) is 0 Å². The fourth-order valence-corrected chi connectivity index (χ4v) is 3.32. The molecular weight excluding hydrogens is 399 g/mol. The Kier molecular flexibility index (Phi) is 6.49. The summed E-state index contributed by atoms with van der Waals surface area (Å²) in [5.41, 5.74) is 5.06. The van der Waals surface area contributed by atoms with E-state index in [4.69, 9.17) is 4.74 Å². The molecule has 0 radical (unpaired) electrons. The van der Waals surface area contributed by atoms with Crippen LogP contribution in [-0.4, -0.2) is 39.6 Å². The summed E-state index contributed by atoms with van der Waals surface area (Å²) >= 11 is 0. The maximum Gasteiger partial charge on any atom is 0.170 e. The number of nitrogens with zero attached hydrogens (tertiary/aromatic N) is 3. The maximum atomic E-state index is 14.7. The first-order chi connectivity index (χ1) is 14.9. The van der Waals surface area contributed by atoms with E-state index in [9.17, 15) is 14.3 Å². The lowest BCUT2D eigenvalue weighted by Crippen LogP contribution is -2.21. The van der Waals surface area contributed by atoms with E-state index < -0.39 is 11.4 Å². The van der Waals surface area contributed by atoms with Crippen molar-refractivity contribution in [3.63, 3.8) is 0 Å². The number of carbonyl (C=O) groups excluding carboxylic acids is 1. The summed E-state index contributed by atoms with van der Waals surface area (Å²) in [5.74, 6) is 5.71. The summed E-state index contributed by atoms with van der Waals surface area (Å²) in [6.07, 6.45) is 3.87. The Morgan fingerprint density at radius 1 is 1.39 bits per heavy atom. The van der Waals surface area contributed by atoms with E-state index in [0.717, 1.165) is 5.56 Å². The first-order valence-corrected chi connectivity index (χ1v) is 9.63. The number of fused-ring (bicyclic) bond motifs is 3. The molecule has 2 aromatic heterocycles. The highest BCUT2D eigenvalue weighted by Crippen LogP contribution is 2.34. The molecule has 1 atom stereocenters. The number of rotatable bonds is 2. The van der Waals surface area contributed by atoms with Crippen molar-refractivity contribution >= 4 is 6.29 Å². The quantitative estimate of drug-likeness (QED) is 0.486. The molecule has 0 amide bonds. The van der Waals surface area contributed by atoms with E-state index in [-0.39, 0.29) is 5.56 Å².